The summed E-state index contributed by atoms with van der Waals surface area (Å²) in [5.74, 6) is -0.546. The van der Waals surface area contributed by atoms with Crippen LogP contribution >= 0.6 is 0 Å². The minimum absolute atomic E-state index is 0.109. The third-order valence-corrected chi connectivity index (χ3v) is 3.93. The molecule has 0 saturated carbocycles. The molecule has 1 aliphatic rings. The standard InChI is InChI=1S/C14H16N4O2/c1-8-4-2-3-5-9(8)11-7-18-12(16-14(15)17-18)6-10(11)13(19)20/h2-5,10-11H,6-7H2,1H3,(H2,15,17)(H,19,20). The number of nitrogens with two attached hydrogens (primary N) is 1. The summed E-state index contributed by atoms with van der Waals surface area (Å²) in [4.78, 5) is 15.7. The number of carbonyl (C=O) groups is 1. The Labute approximate surface area is 116 Å². The van der Waals surface area contributed by atoms with Gasteiger partial charge in [0.15, 0.2) is 0 Å². The zero-order valence-corrected chi connectivity index (χ0v) is 11.2. The van der Waals surface area contributed by atoms with Crippen molar-refractivity contribution in [2.45, 2.75) is 25.8 Å². The predicted molar refractivity (Wildman–Crippen MR) is 73.2 cm³/mol. The first-order chi connectivity index (χ1) is 9.56. The van der Waals surface area contributed by atoms with Crippen molar-refractivity contribution in [3.05, 3.63) is 41.2 Å². The minimum atomic E-state index is -0.800. The first-order valence-electron chi connectivity index (χ1n) is 6.54. The lowest BCUT2D eigenvalue weighted by atomic mass is 9.80. The molecular weight excluding hydrogens is 256 g/mol. The van der Waals surface area contributed by atoms with Gasteiger partial charge in [0.25, 0.3) is 0 Å². The van der Waals surface area contributed by atoms with Crippen LogP contribution in [-0.4, -0.2) is 25.8 Å². The van der Waals surface area contributed by atoms with Crippen LogP contribution < -0.4 is 5.73 Å². The lowest BCUT2D eigenvalue weighted by Crippen LogP contribution is -2.34. The highest BCUT2D eigenvalue weighted by Gasteiger charge is 2.36. The van der Waals surface area contributed by atoms with E-state index >= 15 is 0 Å². The van der Waals surface area contributed by atoms with Crippen molar-refractivity contribution >= 4 is 11.9 Å². The van der Waals surface area contributed by atoms with Crippen molar-refractivity contribution < 1.29 is 9.90 Å². The van der Waals surface area contributed by atoms with Crippen molar-refractivity contribution in [2.24, 2.45) is 5.92 Å². The predicted octanol–water partition coefficient (Wildman–Crippen LogP) is 1.21. The van der Waals surface area contributed by atoms with E-state index in [1.54, 1.807) is 4.68 Å². The maximum atomic E-state index is 11.6. The number of aliphatic carboxylic acids is 1. The molecule has 3 N–H and O–H groups in total. The average Bonchev–Trinajstić information content (AvgIpc) is 2.77. The van der Waals surface area contributed by atoms with Gasteiger partial charge < -0.3 is 10.8 Å². The second-order valence-electron chi connectivity index (χ2n) is 5.18. The van der Waals surface area contributed by atoms with Gasteiger partial charge in [0.05, 0.1) is 12.5 Å². The van der Waals surface area contributed by atoms with Crippen LogP contribution in [0.5, 0.6) is 0 Å². The number of rotatable bonds is 2. The number of carboxylic acid groups (broad SMARTS) is 1. The molecule has 3 rings (SSSR count). The van der Waals surface area contributed by atoms with Crippen molar-refractivity contribution in [2.75, 3.05) is 5.73 Å². The normalized spacial score (nSPS) is 21.4. The Morgan fingerprint density at radius 1 is 1.45 bits per heavy atom. The number of anilines is 1. The summed E-state index contributed by atoms with van der Waals surface area (Å²) in [6.07, 6.45) is 0.360. The van der Waals surface area contributed by atoms with Gasteiger partial charge in [-0.15, -0.1) is 5.10 Å². The number of aryl methyl sites for hydroxylation is 1. The molecule has 1 aromatic heterocycles. The highest BCUT2D eigenvalue weighted by Crippen LogP contribution is 2.35. The first-order valence-corrected chi connectivity index (χ1v) is 6.54. The molecule has 0 bridgehead atoms. The maximum Gasteiger partial charge on any atom is 0.307 e. The summed E-state index contributed by atoms with van der Waals surface area (Å²) in [7, 11) is 0. The average molecular weight is 272 g/mol. The second-order valence-corrected chi connectivity index (χ2v) is 5.18. The van der Waals surface area contributed by atoms with E-state index < -0.39 is 11.9 Å². The van der Waals surface area contributed by atoms with Crippen LogP contribution in [0, 0.1) is 12.8 Å². The smallest absolute Gasteiger partial charge is 0.307 e. The lowest BCUT2D eigenvalue weighted by Gasteiger charge is -2.29. The Balaban J connectivity index is 2.04. The molecule has 2 atom stereocenters. The van der Waals surface area contributed by atoms with Gasteiger partial charge in [-0.05, 0) is 18.1 Å². The molecule has 20 heavy (non-hydrogen) atoms. The van der Waals surface area contributed by atoms with Gasteiger partial charge in [0.1, 0.15) is 5.82 Å². The Morgan fingerprint density at radius 3 is 2.90 bits per heavy atom. The Kier molecular flexibility index (Phi) is 2.93. The van der Waals surface area contributed by atoms with Crippen molar-refractivity contribution in [3.63, 3.8) is 0 Å². The molecule has 0 saturated heterocycles. The Bertz CT molecular complexity index is 665. The maximum absolute atomic E-state index is 11.6. The summed E-state index contributed by atoms with van der Waals surface area (Å²) in [6, 6.07) is 7.88. The first kappa shape index (κ1) is 12.7. The number of carboxylic acids is 1. The number of hydrogen-bond donors (Lipinski definition) is 2. The SMILES string of the molecule is Cc1ccccc1C1Cn2nc(N)nc2CC1C(=O)O. The quantitative estimate of drug-likeness (QED) is 0.857. The summed E-state index contributed by atoms with van der Waals surface area (Å²) >= 11 is 0. The molecule has 2 heterocycles. The third kappa shape index (κ3) is 2.03. The number of aromatic nitrogens is 3. The van der Waals surface area contributed by atoms with Crippen LogP contribution in [0.3, 0.4) is 0 Å². The molecule has 0 radical (unpaired) electrons. The molecule has 0 aliphatic carbocycles. The van der Waals surface area contributed by atoms with E-state index in [0.29, 0.717) is 18.8 Å². The molecule has 0 spiro atoms. The molecule has 104 valence electrons. The Hall–Kier alpha value is -2.37. The summed E-state index contributed by atoms with van der Waals surface area (Å²) in [6.45, 7) is 2.50. The van der Waals surface area contributed by atoms with E-state index in [4.69, 9.17) is 5.73 Å². The van der Waals surface area contributed by atoms with E-state index in [2.05, 4.69) is 10.1 Å². The van der Waals surface area contributed by atoms with E-state index in [1.807, 2.05) is 31.2 Å². The third-order valence-electron chi connectivity index (χ3n) is 3.93. The number of hydrogen-bond acceptors (Lipinski definition) is 4. The van der Waals surface area contributed by atoms with Gasteiger partial charge in [0.2, 0.25) is 5.95 Å². The number of benzene rings is 1. The lowest BCUT2D eigenvalue weighted by molar-refractivity contribution is -0.143. The molecule has 0 amide bonds. The number of fused-ring (bicyclic) bond motifs is 1. The number of nitrogen functional groups attached to an aromatic ring is 1. The zero-order chi connectivity index (χ0) is 14.3. The second kappa shape index (κ2) is 4.63. The minimum Gasteiger partial charge on any atom is -0.481 e. The molecule has 2 unspecified atom stereocenters. The molecule has 0 fully saturated rings. The molecule has 6 nitrogen and oxygen atoms in total. The van der Waals surface area contributed by atoms with Gasteiger partial charge >= 0.3 is 5.97 Å². The van der Waals surface area contributed by atoms with Crippen LogP contribution in [0.15, 0.2) is 24.3 Å². The molecule has 2 aromatic rings. The van der Waals surface area contributed by atoms with Crippen molar-refractivity contribution in [1.29, 1.82) is 0 Å². The summed E-state index contributed by atoms with van der Waals surface area (Å²) in [5.41, 5.74) is 7.76. The van der Waals surface area contributed by atoms with Gasteiger partial charge in [-0.2, -0.15) is 4.98 Å². The van der Waals surface area contributed by atoms with Crippen LogP contribution in [-0.2, 0) is 17.8 Å². The van der Waals surface area contributed by atoms with E-state index in [0.717, 1.165) is 11.1 Å². The highest BCUT2D eigenvalue weighted by molar-refractivity contribution is 5.72. The van der Waals surface area contributed by atoms with Gasteiger partial charge in [0, 0.05) is 12.3 Å². The highest BCUT2D eigenvalue weighted by atomic mass is 16.4. The fraction of sp³-hybridized carbons (Fsp3) is 0.357. The van der Waals surface area contributed by atoms with Crippen LogP contribution in [0.25, 0.3) is 0 Å². The van der Waals surface area contributed by atoms with Crippen LogP contribution in [0.4, 0.5) is 5.95 Å². The number of nitrogens with zero attached hydrogens (tertiary/aromatic N) is 3. The largest absolute Gasteiger partial charge is 0.481 e. The molecule has 6 heteroatoms. The van der Waals surface area contributed by atoms with Gasteiger partial charge in [-0.3, -0.25) is 4.79 Å². The molecular formula is C14H16N4O2. The van der Waals surface area contributed by atoms with Gasteiger partial charge in [-0.1, -0.05) is 24.3 Å². The monoisotopic (exact) mass is 272 g/mol. The van der Waals surface area contributed by atoms with Crippen LogP contribution in [0.1, 0.15) is 22.9 Å². The molecule has 1 aliphatic heterocycles. The fourth-order valence-electron chi connectivity index (χ4n) is 2.92. The topological polar surface area (TPSA) is 94.0 Å². The van der Waals surface area contributed by atoms with E-state index in [9.17, 15) is 9.90 Å². The Morgan fingerprint density at radius 2 is 2.20 bits per heavy atom. The summed E-state index contributed by atoms with van der Waals surface area (Å²) in [5, 5.41) is 13.6. The van der Waals surface area contributed by atoms with Crippen molar-refractivity contribution in [1.82, 2.24) is 14.8 Å². The fourth-order valence-corrected chi connectivity index (χ4v) is 2.92. The van der Waals surface area contributed by atoms with E-state index in [-0.39, 0.29) is 11.9 Å². The van der Waals surface area contributed by atoms with E-state index in [1.165, 1.54) is 0 Å². The van der Waals surface area contributed by atoms with Crippen LogP contribution in [0.2, 0.25) is 0 Å². The molecule has 1 aromatic carbocycles. The zero-order valence-electron chi connectivity index (χ0n) is 11.2. The van der Waals surface area contributed by atoms with Gasteiger partial charge in [-0.25, -0.2) is 4.68 Å². The van der Waals surface area contributed by atoms with Crippen molar-refractivity contribution in [3.8, 4) is 0 Å². The summed E-state index contributed by atoms with van der Waals surface area (Å²) < 4.78 is 1.73.